The van der Waals surface area contributed by atoms with Gasteiger partial charge in [0.15, 0.2) is 0 Å². The SMILES string of the molecule is N#Cc1cccc(NC(=O)c2cncc(Nc3cc(Cl)cc(Cl)c3)c2)c1. The number of rotatable bonds is 4. The lowest BCUT2D eigenvalue weighted by Crippen LogP contribution is -2.12. The van der Waals surface area contributed by atoms with Crippen LogP contribution in [0.5, 0.6) is 0 Å². The number of nitriles is 1. The van der Waals surface area contributed by atoms with Gasteiger partial charge in [0.1, 0.15) is 0 Å². The maximum Gasteiger partial charge on any atom is 0.257 e. The van der Waals surface area contributed by atoms with E-state index in [0.717, 1.165) is 0 Å². The van der Waals surface area contributed by atoms with E-state index in [1.807, 2.05) is 6.07 Å². The topological polar surface area (TPSA) is 77.8 Å². The third-order valence-electron chi connectivity index (χ3n) is 3.40. The molecule has 0 radical (unpaired) electrons. The molecule has 0 aliphatic carbocycles. The second-order valence-corrected chi connectivity index (χ2v) is 6.27. The Balaban J connectivity index is 1.78. The van der Waals surface area contributed by atoms with Crippen molar-refractivity contribution >= 4 is 46.2 Å². The third-order valence-corrected chi connectivity index (χ3v) is 3.84. The van der Waals surface area contributed by atoms with Crippen LogP contribution in [0.2, 0.25) is 10.0 Å². The van der Waals surface area contributed by atoms with Gasteiger partial charge in [-0.3, -0.25) is 9.78 Å². The molecule has 1 aromatic heterocycles. The van der Waals surface area contributed by atoms with Crippen LogP contribution in [-0.4, -0.2) is 10.9 Å². The minimum absolute atomic E-state index is 0.333. The molecule has 1 heterocycles. The first kappa shape index (κ1) is 17.7. The monoisotopic (exact) mass is 382 g/mol. The lowest BCUT2D eigenvalue weighted by molar-refractivity contribution is 0.102. The fourth-order valence-corrected chi connectivity index (χ4v) is 2.82. The van der Waals surface area contributed by atoms with E-state index >= 15 is 0 Å². The van der Waals surface area contributed by atoms with Gasteiger partial charge < -0.3 is 10.6 Å². The van der Waals surface area contributed by atoms with Crippen LogP contribution in [0.4, 0.5) is 17.1 Å². The zero-order valence-electron chi connectivity index (χ0n) is 13.3. The molecule has 26 heavy (non-hydrogen) atoms. The van der Waals surface area contributed by atoms with E-state index < -0.39 is 0 Å². The minimum Gasteiger partial charge on any atom is -0.354 e. The van der Waals surface area contributed by atoms with Crippen LogP contribution >= 0.6 is 23.2 Å². The number of hydrogen-bond acceptors (Lipinski definition) is 4. The number of anilines is 3. The Morgan fingerprint density at radius 2 is 1.73 bits per heavy atom. The number of benzene rings is 2. The van der Waals surface area contributed by atoms with E-state index in [-0.39, 0.29) is 5.91 Å². The summed E-state index contributed by atoms with van der Waals surface area (Å²) >= 11 is 12.0. The van der Waals surface area contributed by atoms with Gasteiger partial charge in [-0.25, -0.2) is 0 Å². The van der Waals surface area contributed by atoms with Gasteiger partial charge in [-0.1, -0.05) is 29.3 Å². The van der Waals surface area contributed by atoms with Crippen molar-refractivity contribution in [3.05, 3.63) is 82.1 Å². The molecule has 0 spiro atoms. The maximum atomic E-state index is 12.4. The summed E-state index contributed by atoms with van der Waals surface area (Å²) in [6.07, 6.45) is 3.04. The van der Waals surface area contributed by atoms with Crippen molar-refractivity contribution in [1.29, 1.82) is 5.26 Å². The van der Waals surface area contributed by atoms with Crippen LogP contribution < -0.4 is 10.6 Å². The van der Waals surface area contributed by atoms with Crippen molar-refractivity contribution in [1.82, 2.24) is 4.98 Å². The molecule has 2 aromatic carbocycles. The van der Waals surface area contributed by atoms with E-state index in [4.69, 9.17) is 28.5 Å². The van der Waals surface area contributed by atoms with Crippen molar-refractivity contribution in [3.63, 3.8) is 0 Å². The van der Waals surface area contributed by atoms with Gasteiger partial charge in [-0.2, -0.15) is 5.26 Å². The van der Waals surface area contributed by atoms with Crippen molar-refractivity contribution in [2.24, 2.45) is 0 Å². The molecule has 3 aromatic rings. The average Bonchev–Trinajstić information content (AvgIpc) is 2.61. The van der Waals surface area contributed by atoms with Crippen LogP contribution in [-0.2, 0) is 0 Å². The highest BCUT2D eigenvalue weighted by Crippen LogP contribution is 2.25. The van der Waals surface area contributed by atoms with Gasteiger partial charge in [0.2, 0.25) is 0 Å². The van der Waals surface area contributed by atoms with Crippen molar-refractivity contribution < 1.29 is 4.79 Å². The molecule has 0 saturated heterocycles. The molecular weight excluding hydrogens is 371 g/mol. The van der Waals surface area contributed by atoms with E-state index in [1.165, 1.54) is 6.20 Å². The molecule has 3 rings (SSSR count). The summed E-state index contributed by atoms with van der Waals surface area (Å²) in [5, 5.41) is 15.8. The molecule has 5 nitrogen and oxygen atoms in total. The van der Waals surface area contributed by atoms with Crippen molar-refractivity contribution in [2.45, 2.75) is 0 Å². The molecule has 0 fully saturated rings. The molecule has 0 aliphatic rings. The van der Waals surface area contributed by atoms with E-state index in [9.17, 15) is 4.79 Å². The van der Waals surface area contributed by atoms with Gasteiger partial charge in [-0.15, -0.1) is 0 Å². The van der Waals surface area contributed by atoms with Crippen LogP contribution in [0.3, 0.4) is 0 Å². The van der Waals surface area contributed by atoms with Gasteiger partial charge in [0.05, 0.1) is 29.1 Å². The lowest BCUT2D eigenvalue weighted by atomic mass is 10.2. The predicted octanol–water partition coefficient (Wildman–Crippen LogP) is 5.26. The van der Waals surface area contributed by atoms with Crippen LogP contribution in [0.25, 0.3) is 0 Å². The molecule has 7 heteroatoms. The Labute approximate surface area is 160 Å². The molecule has 1 amide bonds. The minimum atomic E-state index is -0.333. The zero-order valence-corrected chi connectivity index (χ0v) is 14.8. The molecule has 0 atom stereocenters. The zero-order chi connectivity index (χ0) is 18.5. The molecule has 0 aliphatic heterocycles. The molecule has 0 unspecified atom stereocenters. The highest BCUT2D eigenvalue weighted by molar-refractivity contribution is 6.35. The summed E-state index contributed by atoms with van der Waals surface area (Å²) in [7, 11) is 0. The number of nitrogens with one attached hydrogen (secondary N) is 2. The lowest BCUT2D eigenvalue weighted by Gasteiger charge is -2.09. The second-order valence-electron chi connectivity index (χ2n) is 5.39. The summed E-state index contributed by atoms with van der Waals surface area (Å²) in [6.45, 7) is 0. The van der Waals surface area contributed by atoms with Gasteiger partial charge in [0, 0.05) is 27.6 Å². The van der Waals surface area contributed by atoms with Crippen LogP contribution in [0.1, 0.15) is 15.9 Å². The van der Waals surface area contributed by atoms with Crippen molar-refractivity contribution in [3.8, 4) is 6.07 Å². The third kappa shape index (κ3) is 4.51. The van der Waals surface area contributed by atoms with Gasteiger partial charge in [-0.05, 0) is 42.5 Å². The highest BCUT2D eigenvalue weighted by Gasteiger charge is 2.09. The number of amides is 1. The Bertz CT molecular complexity index is 994. The first-order chi connectivity index (χ1) is 12.5. The number of hydrogen-bond donors (Lipinski definition) is 2. The summed E-state index contributed by atoms with van der Waals surface area (Å²) in [5.41, 5.74) is 2.67. The summed E-state index contributed by atoms with van der Waals surface area (Å²) in [6, 6.07) is 15.4. The normalized spacial score (nSPS) is 10.0. The van der Waals surface area contributed by atoms with E-state index in [1.54, 1.807) is 54.7 Å². The molecule has 0 saturated carbocycles. The highest BCUT2D eigenvalue weighted by atomic mass is 35.5. The quantitative estimate of drug-likeness (QED) is 0.645. The first-order valence-electron chi connectivity index (χ1n) is 7.53. The number of pyridine rings is 1. The largest absolute Gasteiger partial charge is 0.354 e. The number of carbonyl (C=O) groups excluding carboxylic acids is 1. The number of nitrogens with zero attached hydrogens (tertiary/aromatic N) is 2. The number of carbonyl (C=O) groups is 1. The maximum absolute atomic E-state index is 12.4. The molecule has 128 valence electrons. The van der Waals surface area contributed by atoms with Crippen LogP contribution in [0.15, 0.2) is 60.9 Å². The standard InChI is InChI=1S/C19H12Cl2N4O/c20-14-6-15(21)8-17(7-14)24-18-5-13(10-23-11-18)19(26)25-16-3-1-2-12(4-16)9-22/h1-8,10-11,24H,(H,25,26). The molecule has 2 N–H and O–H groups in total. The Morgan fingerprint density at radius 1 is 0.962 bits per heavy atom. The Kier molecular flexibility index (Phi) is 5.37. The fourth-order valence-electron chi connectivity index (χ4n) is 2.29. The Hall–Kier alpha value is -3.07. The number of halogens is 2. The van der Waals surface area contributed by atoms with Gasteiger partial charge >= 0.3 is 0 Å². The summed E-state index contributed by atoms with van der Waals surface area (Å²) in [5.74, 6) is -0.333. The summed E-state index contributed by atoms with van der Waals surface area (Å²) in [4.78, 5) is 16.5. The molecular formula is C19H12Cl2N4O. The number of aromatic nitrogens is 1. The smallest absolute Gasteiger partial charge is 0.257 e. The predicted molar refractivity (Wildman–Crippen MR) is 103 cm³/mol. The second kappa shape index (κ2) is 7.87. The van der Waals surface area contributed by atoms with E-state index in [2.05, 4.69) is 15.6 Å². The van der Waals surface area contributed by atoms with Crippen molar-refractivity contribution in [2.75, 3.05) is 10.6 Å². The van der Waals surface area contributed by atoms with Crippen LogP contribution in [0, 0.1) is 11.3 Å². The fraction of sp³-hybridized carbons (Fsp3) is 0. The Morgan fingerprint density at radius 3 is 2.46 bits per heavy atom. The average molecular weight is 383 g/mol. The summed E-state index contributed by atoms with van der Waals surface area (Å²) < 4.78 is 0. The first-order valence-corrected chi connectivity index (χ1v) is 8.29. The van der Waals surface area contributed by atoms with E-state index in [0.29, 0.717) is 38.2 Å². The van der Waals surface area contributed by atoms with Gasteiger partial charge in [0.25, 0.3) is 5.91 Å². The molecule has 0 bridgehead atoms.